The lowest BCUT2D eigenvalue weighted by molar-refractivity contribution is 0.573. The smallest absolute Gasteiger partial charge is 0.137 e. The van der Waals surface area contributed by atoms with Crippen LogP contribution in [0.2, 0.25) is 0 Å². The minimum atomic E-state index is -0.215. The molecule has 90 valence electrons. The molecule has 0 radical (unpaired) electrons. The van der Waals surface area contributed by atoms with Crippen LogP contribution >= 0.6 is 27.3 Å². The van der Waals surface area contributed by atoms with Crippen LogP contribution in [0.1, 0.15) is 23.4 Å². The summed E-state index contributed by atoms with van der Waals surface area (Å²) in [6, 6.07) is 9.52. The summed E-state index contributed by atoms with van der Waals surface area (Å²) in [6.07, 6.45) is 0. The predicted octanol–water partition coefficient (Wildman–Crippen LogP) is 4.50. The van der Waals surface area contributed by atoms with E-state index >= 15 is 0 Å². The van der Waals surface area contributed by atoms with Crippen molar-refractivity contribution in [1.82, 2.24) is 5.32 Å². The molecule has 0 amide bonds. The Morgan fingerprint density at radius 3 is 2.88 bits per heavy atom. The SMILES string of the molecule is C[C@@H](NCc1cccc(F)c1Br)c1cccs1. The third kappa shape index (κ3) is 3.15. The highest BCUT2D eigenvalue weighted by atomic mass is 79.9. The van der Waals surface area contributed by atoms with Gasteiger partial charge in [0.25, 0.3) is 0 Å². The Morgan fingerprint density at radius 2 is 2.18 bits per heavy atom. The molecule has 2 aromatic rings. The lowest BCUT2D eigenvalue weighted by atomic mass is 10.2. The highest BCUT2D eigenvalue weighted by Gasteiger charge is 2.08. The highest BCUT2D eigenvalue weighted by molar-refractivity contribution is 9.10. The van der Waals surface area contributed by atoms with Crippen LogP contribution in [0.25, 0.3) is 0 Å². The molecule has 1 heterocycles. The average Bonchev–Trinajstić information content (AvgIpc) is 2.84. The maximum absolute atomic E-state index is 13.3. The van der Waals surface area contributed by atoms with Crippen LogP contribution in [0.15, 0.2) is 40.2 Å². The van der Waals surface area contributed by atoms with Gasteiger partial charge in [-0.3, -0.25) is 0 Å². The Balaban J connectivity index is 2.00. The van der Waals surface area contributed by atoms with Gasteiger partial charge in [0.15, 0.2) is 0 Å². The zero-order valence-corrected chi connectivity index (χ0v) is 11.8. The van der Waals surface area contributed by atoms with E-state index in [0.29, 0.717) is 11.0 Å². The third-order valence-electron chi connectivity index (χ3n) is 2.60. The van der Waals surface area contributed by atoms with E-state index in [4.69, 9.17) is 0 Å². The van der Waals surface area contributed by atoms with E-state index in [0.717, 1.165) is 5.56 Å². The van der Waals surface area contributed by atoms with Crippen molar-refractivity contribution in [2.75, 3.05) is 0 Å². The number of halogens is 2. The molecule has 0 saturated carbocycles. The largest absolute Gasteiger partial charge is 0.305 e. The predicted molar refractivity (Wildman–Crippen MR) is 73.7 cm³/mol. The summed E-state index contributed by atoms with van der Waals surface area (Å²) in [5.74, 6) is -0.215. The van der Waals surface area contributed by atoms with E-state index in [9.17, 15) is 4.39 Å². The van der Waals surface area contributed by atoms with Gasteiger partial charge in [0.1, 0.15) is 5.82 Å². The fourth-order valence-corrected chi connectivity index (χ4v) is 2.75. The van der Waals surface area contributed by atoms with Crippen molar-refractivity contribution in [1.29, 1.82) is 0 Å². The van der Waals surface area contributed by atoms with Crippen LogP contribution in [0, 0.1) is 5.82 Å². The lowest BCUT2D eigenvalue weighted by Gasteiger charge is -2.13. The molecule has 1 N–H and O–H groups in total. The molecule has 0 aliphatic carbocycles. The molecule has 0 bridgehead atoms. The second kappa shape index (κ2) is 5.76. The maximum Gasteiger partial charge on any atom is 0.137 e. The van der Waals surface area contributed by atoms with Gasteiger partial charge in [-0.1, -0.05) is 18.2 Å². The van der Waals surface area contributed by atoms with E-state index in [1.54, 1.807) is 17.4 Å². The molecule has 0 spiro atoms. The van der Waals surface area contributed by atoms with Crippen LogP contribution in [0.4, 0.5) is 4.39 Å². The van der Waals surface area contributed by atoms with Crippen molar-refractivity contribution >= 4 is 27.3 Å². The van der Waals surface area contributed by atoms with E-state index in [1.807, 2.05) is 12.1 Å². The maximum atomic E-state index is 13.3. The van der Waals surface area contributed by atoms with Crippen LogP contribution in [-0.2, 0) is 6.54 Å². The Kier molecular flexibility index (Phi) is 4.31. The minimum absolute atomic E-state index is 0.215. The molecule has 1 aromatic heterocycles. The first-order valence-electron chi connectivity index (χ1n) is 5.38. The fourth-order valence-electron chi connectivity index (χ4n) is 1.59. The Bertz CT molecular complexity index is 484. The molecule has 0 unspecified atom stereocenters. The third-order valence-corrected chi connectivity index (χ3v) is 4.54. The zero-order valence-electron chi connectivity index (χ0n) is 9.41. The van der Waals surface area contributed by atoms with Crippen molar-refractivity contribution in [2.24, 2.45) is 0 Å². The Morgan fingerprint density at radius 1 is 1.35 bits per heavy atom. The molecular weight excluding hydrogens is 301 g/mol. The second-order valence-electron chi connectivity index (χ2n) is 3.83. The summed E-state index contributed by atoms with van der Waals surface area (Å²) < 4.78 is 13.9. The summed E-state index contributed by atoms with van der Waals surface area (Å²) in [4.78, 5) is 1.29. The minimum Gasteiger partial charge on any atom is -0.305 e. The van der Waals surface area contributed by atoms with E-state index in [-0.39, 0.29) is 11.9 Å². The molecule has 4 heteroatoms. The van der Waals surface area contributed by atoms with Crippen molar-refractivity contribution in [3.05, 3.63) is 56.4 Å². The first kappa shape index (κ1) is 12.7. The molecule has 0 saturated heterocycles. The van der Waals surface area contributed by atoms with Crippen LogP contribution in [0.3, 0.4) is 0 Å². The summed E-state index contributed by atoms with van der Waals surface area (Å²) in [7, 11) is 0. The average molecular weight is 314 g/mol. The molecule has 2 rings (SSSR count). The number of hydrogen-bond acceptors (Lipinski definition) is 2. The Hall–Kier alpha value is -0.710. The van der Waals surface area contributed by atoms with Crippen molar-refractivity contribution in [3.63, 3.8) is 0 Å². The molecule has 0 aliphatic heterocycles. The van der Waals surface area contributed by atoms with Gasteiger partial charge in [0, 0.05) is 17.5 Å². The number of benzene rings is 1. The summed E-state index contributed by atoms with van der Waals surface area (Å²) in [5.41, 5.74) is 0.938. The van der Waals surface area contributed by atoms with E-state index < -0.39 is 0 Å². The number of hydrogen-bond donors (Lipinski definition) is 1. The van der Waals surface area contributed by atoms with Crippen molar-refractivity contribution in [2.45, 2.75) is 19.5 Å². The summed E-state index contributed by atoms with van der Waals surface area (Å²) >= 11 is 4.99. The highest BCUT2D eigenvalue weighted by Crippen LogP contribution is 2.22. The first-order chi connectivity index (χ1) is 8.18. The van der Waals surface area contributed by atoms with Crippen molar-refractivity contribution in [3.8, 4) is 0 Å². The molecule has 0 aliphatic rings. The van der Waals surface area contributed by atoms with Gasteiger partial charge in [-0.2, -0.15) is 0 Å². The van der Waals surface area contributed by atoms with E-state index in [2.05, 4.69) is 39.6 Å². The monoisotopic (exact) mass is 313 g/mol. The molecule has 1 aromatic carbocycles. The van der Waals surface area contributed by atoms with Crippen LogP contribution in [-0.4, -0.2) is 0 Å². The fraction of sp³-hybridized carbons (Fsp3) is 0.231. The summed E-state index contributed by atoms with van der Waals surface area (Å²) in [6.45, 7) is 2.76. The summed E-state index contributed by atoms with van der Waals surface area (Å²) in [5, 5.41) is 5.44. The molecule has 0 fully saturated rings. The van der Waals surface area contributed by atoms with E-state index in [1.165, 1.54) is 10.9 Å². The topological polar surface area (TPSA) is 12.0 Å². The molecule has 1 nitrogen and oxygen atoms in total. The van der Waals surface area contributed by atoms with Gasteiger partial charge in [-0.15, -0.1) is 11.3 Å². The van der Waals surface area contributed by atoms with Gasteiger partial charge < -0.3 is 5.32 Å². The van der Waals surface area contributed by atoms with Gasteiger partial charge in [0.2, 0.25) is 0 Å². The van der Waals surface area contributed by atoms with Crippen LogP contribution < -0.4 is 5.32 Å². The van der Waals surface area contributed by atoms with Gasteiger partial charge in [0.05, 0.1) is 4.47 Å². The van der Waals surface area contributed by atoms with Crippen LogP contribution in [0.5, 0.6) is 0 Å². The standard InChI is InChI=1S/C13H13BrFNS/c1-9(12-6-3-7-17-12)16-8-10-4-2-5-11(15)13(10)14/h2-7,9,16H,8H2,1H3/t9-/m1/s1. The number of nitrogens with one attached hydrogen (secondary N) is 1. The normalized spacial score (nSPS) is 12.6. The van der Waals surface area contributed by atoms with Gasteiger partial charge in [-0.05, 0) is 45.9 Å². The van der Waals surface area contributed by atoms with Gasteiger partial charge >= 0.3 is 0 Å². The lowest BCUT2D eigenvalue weighted by Crippen LogP contribution is -2.17. The Labute approximate surface area is 113 Å². The van der Waals surface area contributed by atoms with Gasteiger partial charge in [-0.25, -0.2) is 4.39 Å². The quantitative estimate of drug-likeness (QED) is 0.876. The first-order valence-corrected chi connectivity index (χ1v) is 7.05. The van der Waals surface area contributed by atoms with Crippen molar-refractivity contribution < 1.29 is 4.39 Å². The molecular formula is C13H13BrFNS. The number of thiophene rings is 1. The molecule has 17 heavy (non-hydrogen) atoms. The second-order valence-corrected chi connectivity index (χ2v) is 5.60. The molecule has 1 atom stereocenters. The number of rotatable bonds is 4. The zero-order chi connectivity index (χ0) is 12.3.